The fourth-order valence-electron chi connectivity index (χ4n) is 2.01. The van der Waals surface area contributed by atoms with Gasteiger partial charge in [-0.3, -0.25) is 4.79 Å². The molecule has 1 aromatic heterocycles. The van der Waals surface area contributed by atoms with Crippen molar-refractivity contribution < 1.29 is 4.79 Å². The SMILES string of the molecule is Cc1cccc(-n2nnc(C3CC3)c2C=O)c1. The molecule has 1 aliphatic rings. The Morgan fingerprint density at radius 1 is 1.41 bits per heavy atom. The summed E-state index contributed by atoms with van der Waals surface area (Å²) < 4.78 is 1.63. The van der Waals surface area contributed by atoms with Crippen molar-refractivity contribution in [1.82, 2.24) is 15.0 Å². The molecular weight excluding hydrogens is 214 g/mol. The Kier molecular flexibility index (Phi) is 2.28. The predicted molar refractivity (Wildman–Crippen MR) is 63.5 cm³/mol. The fraction of sp³-hybridized carbons (Fsp3) is 0.308. The van der Waals surface area contributed by atoms with Gasteiger partial charge in [-0.05, 0) is 37.5 Å². The third-order valence-electron chi connectivity index (χ3n) is 3.05. The number of carbonyl (C=O) groups is 1. The van der Waals surface area contributed by atoms with E-state index in [9.17, 15) is 4.79 Å². The number of rotatable bonds is 3. The number of aromatic nitrogens is 3. The fourth-order valence-corrected chi connectivity index (χ4v) is 2.01. The molecule has 3 rings (SSSR count). The van der Waals surface area contributed by atoms with Crippen LogP contribution in [0.15, 0.2) is 24.3 Å². The highest BCUT2D eigenvalue weighted by Crippen LogP contribution is 2.40. The lowest BCUT2D eigenvalue weighted by molar-refractivity contribution is 0.111. The molecule has 0 radical (unpaired) electrons. The zero-order chi connectivity index (χ0) is 11.8. The molecule has 0 amide bonds. The monoisotopic (exact) mass is 227 g/mol. The maximum absolute atomic E-state index is 11.2. The first-order valence-electron chi connectivity index (χ1n) is 5.77. The molecule has 1 aromatic carbocycles. The molecule has 2 aromatic rings. The van der Waals surface area contributed by atoms with Gasteiger partial charge < -0.3 is 0 Å². The summed E-state index contributed by atoms with van der Waals surface area (Å²) in [7, 11) is 0. The minimum Gasteiger partial charge on any atom is -0.296 e. The number of nitrogens with zero attached hydrogens (tertiary/aromatic N) is 3. The van der Waals surface area contributed by atoms with Crippen LogP contribution in [0, 0.1) is 6.92 Å². The van der Waals surface area contributed by atoms with E-state index in [1.807, 2.05) is 31.2 Å². The normalized spacial score (nSPS) is 14.9. The predicted octanol–water partition coefficient (Wildman–Crippen LogP) is 2.27. The van der Waals surface area contributed by atoms with Crippen molar-refractivity contribution in [2.24, 2.45) is 0 Å². The van der Waals surface area contributed by atoms with E-state index >= 15 is 0 Å². The van der Waals surface area contributed by atoms with Crippen LogP contribution in [0.3, 0.4) is 0 Å². The highest BCUT2D eigenvalue weighted by Gasteiger charge is 2.30. The molecule has 0 unspecified atom stereocenters. The molecule has 1 aliphatic carbocycles. The third kappa shape index (κ3) is 1.75. The van der Waals surface area contributed by atoms with Crippen molar-refractivity contribution in [2.45, 2.75) is 25.7 Å². The van der Waals surface area contributed by atoms with Gasteiger partial charge in [0, 0.05) is 5.92 Å². The number of aldehydes is 1. The first-order chi connectivity index (χ1) is 8.29. The maximum Gasteiger partial charge on any atom is 0.170 e. The van der Waals surface area contributed by atoms with Crippen LogP contribution in [0.4, 0.5) is 0 Å². The van der Waals surface area contributed by atoms with E-state index in [0.717, 1.165) is 36.1 Å². The largest absolute Gasteiger partial charge is 0.296 e. The Balaban J connectivity index is 2.11. The van der Waals surface area contributed by atoms with Crippen molar-refractivity contribution in [2.75, 3.05) is 0 Å². The molecule has 0 aliphatic heterocycles. The van der Waals surface area contributed by atoms with Gasteiger partial charge in [0.05, 0.1) is 11.4 Å². The van der Waals surface area contributed by atoms with Crippen LogP contribution in [0.1, 0.15) is 40.5 Å². The van der Waals surface area contributed by atoms with Crippen molar-refractivity contribution in [3.05, 3.63) is 41.2 Å². The quantitative estimate of drug-likeness (QED) is 0.756. The minimum atomic E-state index is 0.439. The van der Waals surface area contributed by atoms with Crippen LogP contribution in [-0.4, -0.2) is 21.3 Å². The number of hydrogen-bond donors (Lipinski definition) is 0. The zero-order valence-electron chi connectivity index (χ0n) is 9.63. The maximum atomic E-state index is 11.2. The van der Waals surface area contributed by atoms with Crippen LogP contribution < -0.4 is 0 Å². The van der Waals surface area contributed by atoms with E-state index in [1.54, 1.807) is 4.68 Å². The first kappa shape index (κ1) is 10.2. The molecule has 0 saturated heterocycles. The molecule has 0 spiro atoms. The Bertz CT molecular complexity index is 570. The molecule has 86 valence electrons. The Morgan fingerprint density at radius 3 is 2.88 bits per heavy atom. The Hall–Kier alpha value is -1.97. The Morgan fingerprint density at radius 2 is 2.24 bits per heavy atom. The van der Waals surface area contributed by atoms with E-state index in [0.29, 0.717) is 11.6 Å². The molecule has 4 heteroatoms. The molecule has 4 nitrogen and oxygen atoms in total. The summed E-state index contributed by atoms with van der Waals surface area (Å²) >= 11 is 0. The Labute approximate surface area is 99.3 Å². The summed E-state index contributed by atoms with van der Waals surface area (Å²) in [5.74, 6) is 0.439. The van der Waals surface area contributed by atoms with Crippen molar-refractivity contribution >= 4 is 6.29 Å². The molecule has 0 atom stereocenters. The second kappa shape index (κ2) is 3.80. The van der Waals surface area contributed by atoms with E-state index in [2.05, 4.69) is 10.3 Å². The lowest BCUT2D eigenvalue weighted by Gasteiger charge is -2.03. The van der Waals surface area contributed by atoms with Crippen LogP contribution in [0.2, 0.25) is 0 Å². The third-order valence-corrected chi connectivity index (χ3v) is 3.05. The second-order valence-corrected chi connectivity index (χ2v) is 4.50. The van der Waals surface area contributed by atoms with Crippen LogP contribution in [0.5, 0.6) is 0 Å². The van der Waals surface area contributed by atoms with E-state index in [4.69, 9.17) is 0 Å². The molecule has 0 N–H and O–H groups in total. The van der Waals surface area contributed by atoms with Crippen LogP contribution in [0.25, 0.3) is 5.69 Å². The highest BCUT2D eigenvalue weighted by atomic mass is 16.1. The van der Waals surface area contributed by atoms with Crippen molar-refractivity contribution in [3.63, 3.8) is 0 Å². The summed E-state index contributed by atoms with van der Waals surface area (Å²) in [4.78, 5) is 11.2. The summed E-state index contributed by atoms with van der Waals surface area (Å²) in [6.07, 6.45) is 3.09. The second-order valence-electron chi connectivity index (χ2n) is 4.50. The average molecular weight is 227 g/mol. The molecule has 17 heavy (non-hydrogen) atoms. The molecular formula is C13H13N3O. The van der Waals surface area contributed by atoms with Gasteiger partial charge in [-0.25, -0.2) is 4.68 Å². The standard InChI is InChI=1S/C13H13N3O/c1-9-3-2-4-11(7-9)16-12(8-17)13(14-15-16)10-5-6-10/h2-4,7-8,10H,5-6H2,1H3. The molecule has 1 saturated carbocycles. The van der Waals surface area contributed by atoms with Gasteiger partial charge in [-0.15, -0.1) is 5.10 Å². The minimum absolute atomic E-state index is 0.439. The van der Waals surface area contributed by atoms with Gasteiger partial charge in [0.1, 0.15) is 5.69 Å². The number of aryl methyl sites for hydroxylation is 1. The molecule has 1 fully saturated rings. The number of carbonyl (C=O) groups excluding carboxylic acids is 1. The van der Waals surface area contributed by atoms with Crippen LogP contribution >= 0.6 is 0 Å². The van der Waals surface area contributed by atoms with Gasteiger partial charge in [0.2, 0.25) is 0 Å². The van der Waals surface area contributed by atoms with E-state index < -0.39 is 0 Å². The van der Waals surface area contributed by atoms with E-state index in [-0.39, 0.29) is 0 Å². The number of hydrogen-bond acceptors (Lipinski definition) is 3. The van der Waals surface area contributed by atoms with Crippen molar-refractivity contribution in [3.8, 4) is 5.69 Å². The topological polar surface area (TPSA) is 47.8 Å². The summed E-state index contributed by atoms with van der Waals surface area (Å²) in [6, 6.07) is 7.91. The van der Waals surface area contributed by atoms with Gasteiger partial charge in [-0.2, -0.15) is 0 Å². The highest BCUT2D eigenvalue weighted by molar-refractivity contribution is 5.75. The molecule has 0 bridgehead atoms. The lowest BCUT2D eigenvalue weighted by Crippen LogP contribution is -2.02. The summed E-state index contributed by atoms with van der Waals surface area (Å²) in [5, 5.41) is 8.23. The van der Waals surface area contributed by atoms with Crippen molar-refractivity contribution in [1.29, 1.82) is 0 Å². The zero-order valence-corrected chi connectivity index (χ0v) is 9.63. The average Bonchev–Trinajstić information content (AvgIpc) is 3.08. The van der Waals surface area contributed by atoms with E-state index in [1.165, 1.54) is 0 Å². The molecule has 1 heterocycles. The number of benzene rings is 1. The van der Waals surface area contributed by atoms with Gasteiger partial charge in [0.15, 0.2) is 6.29 Å². The van der Waals surface area contributed by atoms with Crippen LogP contribution in [-0.2, 0) is 0 Å². The summed E-state index contributed by atoms with van der Waals surface area (Å²) in [5.41, 5.74) is 3.48. The lowest BCUT2D eigenvalue weighted by atomic mass is 10.2. The van der Waals surface area contributed by atoms with Gasteiger partial charge >= 0.3 is 0 Å². The summed E-state index contributed by atoms with van der Waals surface area (Å²) in [6.45, 7) is 2.02. The first-order valence-corrected chi connectivity index (χ1v) is 5.77. The smallest absolute Gasteiger partial charge is 0.170 e. The van der Waals surface area contributed by atoms with Gasteiger partial charge in [-0.1, -0.05) is 17.3 Å². The van der Waals surface area contributed by atoms with Gasteiger partial charge in [0.25, 0.3) is 0 Å².